The molecule has 0 atom stereocenters. The van der Waals surface area contributed by atoms with E-state index in [9.17, 15) is 19.9 Å². The number of nitrogens with zero attached hydrogens (tertiary/aromatic N) is 3. The topological polar surface area (TPSA) is 114 Å². The predicted octanol–water partition coefficient (Wildman–Crippen LogP) is 4.37. The molecule has 1 heterocycles. The molecule has 4 aromatic rings. The third kappa shape index (κ3) is 5.27. The Morgan fingerprint density at radius 3 is 2.14 bits per heavy atom. The zero-order valence-corrected chi connectivity index (χ0v) is 19.0. The molecule has 0 aliphatic carbocycles. The zero-order valence-electron chi connectivity index (χ0n) is 19.0. The first-order valence-electron chi connectivity index (χ1n) is 10.9. The van der Waals surface area contributed by atoms with Crippen molar-refractivity contribution in [2.24, 2.45) is 5.16 Å². The summed E-state index contributed by atoms with van der Waals surface area (Å²) in [7, 11) is 0. The highest BCUT2D eigenvalue weighted by Crippen LogP contribution is 2.20. The Labute approximate surface area is 201 Å². The second kappa shape index (κ2) is 10.5. The Kier molecular flexibility index (Phi) is 7.02. The molecule has 176 valence electrons. The van der Waals surface area contributed by atoms with Crippen molar-refractivity contribution in [2.45, 2.75) is 20.1 Å². The normalized spacial score (nSPS) is 11.3. The standard InChI is InChI=1S/C27H23N3O5/c1-18-28-24(27(32)33)25(35-17-19-8-4-2-5-9-19)26(31)30(18)16-23(29-34)22-14-12-21(13-15-22)20-10-6-3-7-11-20/h2-15,34H,16-17H2,1H3,(H,32,33)/b29-23-. The molecule has 0 radical (unpaired) electrons. The molecule has 3 aromatic carbocycles. The Morgan fingerprint density at radius 1 is 0.943 bits per heavy atom. The summed E-state index contributed by atoms with van der Waals surface area (Å²) in [6.07, 6.45) is 0. The van der Waals surface area contributed by atoms with E-state index in [1.165, 1.54) is 11.5 Å². The lowest BCUT2D eigenvalue weighted by atomic mass is 10.0. The zero-order chi connectivity index (χ0) is 24.8. The summed E-state index contributed by atoms with van der Waals surface area (Å²) in [5.74, 6) is -1.59. The predicted molar refractivity (Wildman–Crippen MR) is 131 cm³/mol. The van der Waals surface area contributed by atoms with Gasteiger partial charge in [0.2, 0.25) is 5.75 Å². The molecule has 0 aliphatic heterocycles. The molecule has 0 amide bonds. The van der Waals surface area contributed by atoms with E-state index in [1.54, 1.807) is 24.3 Å². The number of ether oxygens (including phenoxy) is 1. The molecular weight excluding hydrogens is 446 g/mol. The van der Waals surface area contributed by atoms with Gasteiger partial charge in [-0.2, -0.15) is 0 Å². The minimum Gasteiger partial charge on any atom is -0.481 e. The quantitative estimate of drug-likeness (QED) is 0.225. The summed E-state index contributed by atoms with van der Waals surface area (Å²) >= 11 is 0. The van der Waals surface area contributed by atoms with Gasteiger partial charge in [-0.1, -0.05) is 90.1 Å². The number of carboxylic acid groups (broad SMARTS) is 1. The first-order chi connectivity index (χ1) is 17.0. The first kappa shape index (κ1) is 23.4. The van der Waals surface area contributed by atoms with Crippen LogP contribution in [0.25, 0.3) is 11.1 Å². The number of oxime groups is 1. The van der Waals surface area contributed by atoms with Crippen LogP contribution in [0.15, 0.2) is 94.9 Å². The lowest BCUT2D eigenvalue weighted by Gasteiger charge is -2.15. The molecule has 0 saturated carbocycles. The number of hydrogen-bond donors (Lipinski definition) is 2. The SMILES string of the molecule is Cc1nc(C(=O)O)c(OCc2ccccc2)c(=O)n1C/C(=N/O)c1ccc(-c2ccccc2)cc1. The molecule has 8 heteroatoms. The van der Waals surface area contributed by atoms with Crippen LogP contribution in [-0.2, 0) is 13.2 Å². The molecule has 0 unspecified atom stereocenters. The van der Waals surface area contributed by atoms with Crippen molar-refractivity contribution >= 4 is 11.7 Å². The van der Waals surface area contributed by atoms with Crippen LogP contribution < -0.4 is 10.3 Å². The van der Waals surface area contributed by atoms with Gasteiger partial charge >= 0.3 is 5.97 Å². The van der Waals surface area contributed by atoms with Crippen LogP contribution >= 0.6 is 0 Å². The van der Waals surface area contributed by atoms with E-state index in [2.05, 4.69) is 10.1 Å². The van der Waals surface area contributed by atoms with Gasteiger partial charge in [0.15, 0.2) is 5.69 Å². The highest BCUT2D eigenvalue weighted by Gasteiger charge is 2.22. The van der Waals surface area contributed by atoms with Gasteiger partial charge in [-0.05, 0) is 23.6 Å². The van der Waals surface area contributed by atoms with Crippen LogP contribution in [0, 0.1) is 6.92 Å². The summed E-state index contributed by atoms with van der Waals surface area (Å²) in [5.41, 5.74) is 2.49. The Balaban J connectivity index is 1.64. The number of aromatic nitrogens is 2. The van der Waals surface area contributed by atoms with Crippen LogP contribution in [0.4, 0.5) is 0 Å². The van der Waals surface area contributed by atoms with Gasteiger partial charge in [-0.15, -0.1) is 0 Å². The number of benzene rings is 3. The average Bonchev–Trinajstić information content (AvgIpc) is 2.89. The van der Waals surface area contributed by atoms with Crippen molar-refractivity contribution in [3.8, 4) is 16.9 Å². The summed E-state index contributed by atoms with van der Waals surface area (Å²) in [6, 6.07) is 26.3. The van der Waals surface area contributed by atoms with Crippen LogP contribution in [0.5, 0.6) is 5.75 Å². The second-order valence-corrected chi connectivity index (χ2v) is 7.80. The maximum absolute atomic E-state index is 13.3. The van der Waals surface area contributed by atoms with Gasteiger partial charge in [0.05, 0.1) is 6.54 Å². The molecule has 8 nitrogen and oxygen atoms in total. The summed E-state index contributed by atoms with van der Waals surface area (Å²) in [5, 5.41) is 22.7. The highest BCUT2D eigenvalue weighted by atomic mass is 16.5. The first-order valence-corrected chi connectivity index (χ1v) is 10.9. The third-order valence-corrected chi connectivity index (χ3v) is 5.50. The molecule has 35 heavy (non-hydrogen) atoms. The lowest BCUT2D eigenvalue weighted by Crippen LogP contribution is -2.31. The number of rotatable bonds is 8. The summed E-state index contributed by atoms with van der Waals surface area (Å²) < 4.78 is 6.85. The fourth-order valence-corrected chi connectivity index (χ4v) is 3.65. The van der Waals surface area contributed by atoms with E-state index >= 15 is 0 Å². The van der Waals surface area contributed by atoms with Crippen LogP contribution in [0.1, 0.15) is 27.4 Å². The molecule has 0 aliphatic rings. The van der Waals surface area contributed by atoms with E-state index in [-0.39, 0.29) is 30.4 Å². The van der Waals surface area contributed by atoms with Gasteiger partial charge in [0, 0.05) is 5.56 Å². The fraction of sp³-hybridized carbons (Fsp3) is 0.111. The smallest absolute Gasteiger partial charge is 0.358 e. The Bertz CT molecular complexity index is 1410. The summed E-state index contributed by atoms with van der Waals surface area (Å²) in [4.78, 5) is 29.1. The third-order valence-electron chi connectivity index (χ3n) is 5.50. The van der Waals surface area contributed by atoms with Gasteiger partial charge in [-0.3, -0.25) is 9.36 Å². The highest BCUT2D eigenvalue weighted by molar-refractivity contribution is 6.00. The molecule has 0 saturated heterocycles. The van der Waals surface area contributed by atoms with Crippen LogP contribution in [0.3, 0.4) is 0 Å². The monoisotopic (exact) mass is 469 g/mol. The van der Waals surface area contributed by atoms with Crippen molar-refractivity contribution in [3.63, 3.8) is 0 Å². The van der Waals surface area contributed by atoms with Crippen molar-refractivity contribution in [1.82, 2.24) is 9.55 Å². The fourth-order valence-electron chi connectivity index (χ4n) is 3.65. The number of carboxylic acids is 1. The average molecular weight is 469 g/mol. The number of carbonyl (C=O) groups is 1. The maximum atomic E-state index is 13.3. The Hall–Kier alpha value is -4.72. The molecular formula is C27H23N3O5. The van der Waals surface area contributed by atoms with Crippen molar-refractivity contribution in [1.29, 1.82) is 0 Å². The molecule has 0 spiro atoms. The maximum Gasteiger partial charge on any atom is 0.358 e. The van der Waals surface area contributed by atoms with E-state index in [1.807, 2.05) is 60.7 Å². The summed E-state index contributed by atoms with van der Waals surface area (Å²) in [6.45, 7) is 1.39. The molecule has 1 aromatic heterocycles. The van der Waals surface area contributed by atoms with Gasteiger partial charge in [0.25, 0.3) is 5.56 Å². The number of hydrogen-bond acceptors (Lipinski definition) is 6. The van der Waals surface area contributed by atoms with Gasteiger partial charge in [-0.25, -0.2) is 9.78 Å². The van der Waals surface area contributed by atoms with Gasteiger partial charge in [0.1, 0.15) is 18.1 Å². The van der Waals surface area contributed by atoms with Crippen LogP contribution in [-0.4, -0.2) is 31.5 Å². The van der Waals surface area contributed by atoms with E-state index in [0.717, 1.165) is 16.7 Å². The molecule has 0 fully saturated rings. The second-order valence-electron chi connectivity index (χ2n) is 7.80. The minimum atomic E-state index is -1.37. The lowest BCUT2D eigenvalue weighted by molar-refractivity contribution is 0.0683. The number of aryl methyl sites for hydroxylation is 1. The van der Waals surface area contributed by atoms with Crippen molar-refractivity contribution in [3.05, 3.63) is 118 Å². The van der Waals surface area contributed by atoms with Crippen molar-refractivity contribution < 1.29 is 19.8 Å². The van der Waals surface area contributed by atoms with Crippen molar-refractivity contribution in [2.75, 3.05) is 0 Å². The largest absolute Gasteiger partial charge is 0.481 e. The minimum absolute atomic E-state index is 0.00297. The molecule has 0 bridgehead atoms. The molecule has 2 N–H and O–H groups in total. The van der Waals surface area contributed by atoms with E-state index in [0.29, 0.717) is 5.56 Å². The Morgan fingerprint density at radius 2 is 1.54 bits per heavy atom. The van der Waals surface area contributed by atoms with Crippen LogP contribution in [0.2, 0.25) is 0 Å². The van der Waals surface area contributed by atoms with E-state index < -0.39 is 17.2 Å². The number of aromatic carboxylic acids is 1. The van der Waals surface area contributed by atoms with Gasteiger partial charge < -0.3 is 15.1 Å². The molecule has 4 rings (SSSR count). The van der Waals surface area contributed by atoms with E-state index in [4.69, 9.17) is 4.74 Å².